The minimum atomic E-state index is -0.357. The van der Waals surface area contributed by atoms with Gasteiger partial charge in [0.1, 0.15) is 10.8 Å². The van der Waals surface area contributed by atoms with E-state index < -0.39 is 0 Å². The molecule has 29 heavy (non-hydrogen) atoms. The van der Waals surface area contributed by atoms with Crippen molar-refractivity contribution in [3.05, 3.63) is 82.1 Å². The quantitative estimate of drug-likeness (QED) is 0.606. The topological polar surface area (TPSA) is 73.2 Å². The molecule has 1 atom stereocenters. The van der Waals surface area contributed by atoms with Gasteiger partial charge in [0.15, 0.2) is 0 Å². The Morgan fingerprint density at radius 3 is 2.45 bits per heavy atom. The molecule has 3 aromatic rings. The number of aryl methyl sites for hydroxylation is 1. The zero-order chi connectivity index (χ0) is 20.8. The van der Waals surface area contributed by atoms with Gasteiger partial charge >= 0.3 is 0 Å². The second-order valence-corrected chi connectivity index (χ2v) is 7.94. The number of carbonyl (C=O) groups is 1. The Bertz CT molecular complexity index is 1030. The number of nitrogens with zero attached hydrogens (tertiary/aromatic N) is 2. The molecule has 0 aliphatic carbocycles. The first kappa shape index (κ1) is 20.7. The highest BCUT2D eigenvalue weighted by Gasteiger charge is 2.16. The predicted octanol–water partition coefficient (Wildman–Crippen LogP) is 3.35. The highest BCUT2D eigenvalue weighted by molar-refractivity contribution is 8.00. The van der Waals surface area contributed by atoms with Crippen molar-refractivity contribution < 1.29 is 9.53 Å². The summed E-state index contributed by atoms with van der Waals surface area (Å²) in [7, 11) is 1.62. The number of methoxy groups -OCH3 is 1. The minimum absolute atomic E-state index is 0.0966. The van der Waals surface area contributed by atoms with Crippen LogP contribution in [-0.2, 0) is 11.3 Å². The number of hydrogen-bond acceptors (Lipinski definition) is 5. The first-order chi connectivity index (χ1) is 14.0. The molecular weight excluding hydrogens is 386 g/mol. The van der Waals surface area contributed by atoms with Crippen LogP contribution in [0.15, 0.2) is 70.5 Å². The van der Waals surface area contributed by atoms with Gasteiger partial charge in [-0.25, -0.2) is 0 Å². The van der Waals surface area contributed by atoms with Gasteiger partial charge in [-0.3, -0.25) is 9.59 Å². The first-order valence-corrected chi connectivity index (χ1v) is 10.1. The van der Waals surface area contributed by atoms with Crippen molar-refractivity contribution in [3.63, 3.8) is 0 Å². The molecule has 0 radical (unpaired) electrons. The van der Waals surface area contributed by atoms with E-state index in [1.807, 2.05) is 62.4 Å². The normalized spacial score (nSPS) is 11.7. The minimum Gasteiger partial charge on any atom is -0.497 e. The fourth-order valence-corrected chi connectivity index (χ4v) is 3.47. The fourth-order valence-electron chi connectivity index (χ4n) is 2.64. The van der Waals surface area contributed by atoms with Crippen LogP contribution in [0.2, 0.25) is 0 Å². The lowest BCUT2D eigenvalue weighted by molar-refractivity contribution is -0.120. The van der Waals surface area contributed by atoms with E-state index in [9.17, 15) is 9.59 Å². The highest BCUT2D eigenvalue weighted by Crippen LogP contribution is 2.21. The van der Waals surface area contributed by atoms with Gasteiger partial charge in [-0.15, -0.1) is 0 Å². The third-order valence-corrected chi connectivity index (χ3v) is 5.37. The molecule has 3 rings (SSSR count). The van der Waals surface area contributed by atoms with Crippen LogP contribution in [0.25, 0.3) is 5.69 Å². The van der Waals surface area contributed by atoms with Gasteiger partial charge in [0.2, 0.25) is 5.91 Å². The van der Waals surface area contributed by atoms with E-state index in [0.717, 1.165) is 16.9 Å². The Balaban J connectivity index is 1.64. The van der Waals surface area contributed by atoms with Gasteiger partial charge in [-0.1, -0.05) is 41.6 Å². The van der Waals surface area contributed by atoms with Crippen molar-refractivity contribution >= 4 is 17.7 Å². The largest absolute Gasteiger partial charge is 0.497 e. The third kappa shape index (κ3) is 5.48. The second kappa shape index (κ2) is 9.43. The molecule has 0 spiro atoms. The lowest BCUT2D eigenvalue weighted by Crippen LogP contribution is -2.30. The number of ether oxygens (including phenoxy) is 1. The van der Waals surface area contributed by atoms with Crippen LogP contribution in [0.1, 0.15) is 18.1 Å². The predicted molar refractivity (Wildman–Crippen MR) is 115 cm³/mol. The van der Waals surface area contributed by atoms with Gasteiger partial charge in [-0.2, -0.15) is 9.78 Å². The number of carbonyl (C=O) groups excluding carboxylic acids is 1. The van der Waals surface area contributed by atoms with Crippen molar-refractivity contribution in [1.82, 2.24) is 15.1 Å². The van der Waals surface area contributed by atoms with E-state index >= 15 is 0 Å². The number of rotatable bonds is 7. The molecule has 2 aromatic carbocycles. The van der Waals surface area contributed by atoms with Crippen molar-refractivity contribution in [2.75, 3.05) is 7.11 Å². The number of amides is 1. The Labute approximate surface area is 173 Å². The van der Waals surface area contributed by atoms with E-state index in [1.54, 1.807) is 13.2 Å². The van der Waals surface area contributed by atoms with Crippen LogP contribution >= 0.6 is 11.8 Å². The maximum atomic E-state index is 12.5. The van der Waals surface area contributed by atoms with Crippen LogP contribution in [0.3, 0.4) is 0 Å². The number of nitrogens with one attached hydrogen (secondary N) is 1. The summed E-state index contributed by atoms with van der Waals surface area (Å²) in [6.07, 6.45) is 0. The van der Waals surface area contributed by atoms with Crippen LogP contribution < -0.4 is 15.6 Å². The SMILES string of the molecule is COc1ccc(CNC(=O)[C@H](C)Sc2ccc(=O)n(-c3ccc(C)cc3)n2)cc1. The molecule has 1 N–H and O–H groups in total. The fraction of sp³-hybridized carbons (Fsp3) is 0.227. The number of aromatic nitrogens is 2. The molecule has 150 valence electrons. The average Bonchev–Trinajstić information content (AvgIpc) is 2.74. The van der Waals surface area contributed by atoms with Crippen LogP contribution in [-0.4, -0.2) is 28.0 Å². The van der Waals surface area contributed by atoms with Gasteiger partial charge < -0.3 is 10.1 Å². The lowest BCUT2D eigenvalue weighted by atomic mass is 10.2. The Morgan fingerprint density at radius 2 is 1.79 bits per heavy atom. The Kier molecular flexibility index (Phi) is 6.72. The summed E-state index contributed by atoms with van der Waals surface area (Å²) < 4.78 is 6.48. The van der Waals surface area contributed by atoms with E-state index in [-0.39, 0.29) is 16.7 Å². The number of benzene rings is 2. The van der Waals surface area contributed by atoms with Gasteiger partial charge in [0.05, 0.1) is 18.0 Å². The molecule has 0 aliphatic rings. The van der Waals surface area contributed by atoms with Gasteiger partial charge in [0, 0.05) is 12.6 Å². The van der Waals surface area contributed by atoms with Crippen molar-refractivity contribution in [1.29, 1.82) is 0 Å². The van der Waals surface area contributed by atoms with E-state index in [4.69, 9.17) is 4.74 Å². The highest BCUT2D eigenvalue weighted by atomic mass is 32.2. The average molecular weight is 410 g/mol. The van der Waals surface area contributed by atoms with Gasteiger partial charge in [0.25, 0.3) is 5.56 Å². The maximum Gasteiger partial charge on any atom is 0.271 e. The molecule has 0 saturated carbocycles. The molecule has 1 aromatic heterocycles. The maximum absolute atomic E-state index is 12.5. The summed E-state index contributed by atoms with van der Waals surface area (Å²) in [6, 6.07) is 18.2. The molecule has 0 bridgehead atoms. The van der Waals surface area contributed by atoms with Crippen molar-refractivity contribution in [2.24, 2.45) is 0 Å². The number of thioether (sulfide) groups is 1. The van der Waals surface area contributed by atoms with E-state index in [2.05, 4.69) is 10.4 Å². The van der Waals surface area contributed by atoms with Crippen molar-refractivity contribution in [2.45, 2.75) is 30.7 Å². The summed E-state index contributed by atoms with van der Waals surface area (Å²) in [5.74, 6) is 0.680. The zero-order valence-electron chi connectivity index (χ0n) is 16.6. The van der Waals surface area contributed by atoms with Crippen LogP contribution in [0.5, 0.6) is 5.75 Å². The molecule has 6 nitrogen and oxygen atoms in total. The lowest BCUT2D eigenvalue weighted by Gasteiger charge is -2.13. The smallest absolute Gasteiger partial charge is 0.271 e. The molecular formula is C22H23N3O3S. The van der Waals surface area contributed by atoms with Gasteiger partial charge in [-0.05, 0) is 49.7 Å². The molecule has 0 unspecified atom stereocenters. The molecule has 0 aliphatic heterocycles. The summed E-state index contributed by atoms with van der Waals surface area (Å²) in [5, 5.41) is 7.58. The standard InChI is InChI=1S/C22H23N3O3S/c1-15-4-8-18(9-5-15)25-21(26)13-12-20(24-25)29-16(2)22(27)23-14-17-6-10-19(28-3)11-7-17/h4-13,16H,14H2,1-3H3,(H,23,27)/t16-/m0/s1. The summed E-state index contributed by atoms with van der Waals surface area (Å²) >= 11 is 1.31. The monoisotopic (exact) mass is 409 g/mol. The zero-order valence-corrected chi connectivity index (χ0v) is 17.4. The molecule has 0 saturated heterocycles. The van der Waals surface area contributed by atoms with E-state index in [0.29, 0.717) is 17.3 Å². The molecule has 0 fully saturated rings. The summed E-state index contributed by atoms with van der Waals surface area (Å²) in [5.41, 5.74) is 2.58. The Hall–Kier alpha value is -3.06. The summed E-state index contributed by atoms with van der Waals surface area (Å²) in [6.45, 7) is 4.24. The van der Waals surface area contributed by atoms with E-state index in [1.165, 1.54) is 22.5 Å². The first-order valence-electron chi connectivity index (χ1n) is 9.21. The Morgan fingerprint density at radius 1 is 1.10 bits per heavy atom. The number of hydrogen-bond donors (Lipinski definition) is 1. The van der Waals surface area contributed by atoms with Crippen molar-refractivity contribution in [3.8, 4) is 11.4 Å². The molecule has 7 heteroatoms. The third-order valence-electron chi connectivity index (χ3n) is 4.35. The van der Waals surface area contributed by atoms with Crippen LogP contribution in [0.4, 0.5) is 0 Å². The molecule has 1 heterocycles. The second-order valence-electron chi connectivity index (χ2n) is 6.58. The summed E-state index contributed by atoms with van der Waals surface area (Å²) in [4.78, 5) is 24.6. The molecule has 1 amide bonds. The van der Waals surface area contributed by atoms with Crippen LogP contribution in [0, 0.1) is 6.92 Å².